The molecule has 34 heavy (non-hydrogen) atoms. The molecule has 0 unspecified atom stereocenters. The number of nitrogens with one attached hydrogen (secondary N) is 1. The van der Waals surface area contributed by atoms with Gasteiger partial charge in [-0.2, -0.15) is 4.57 Å². The number of carboxylic acids is 1. The highest BCUT2D eigenvalue weighted by Gasteiger charge is 2.53. The van der Waals surface area contributed by atoms with E-state index in [1.54, 1.807) is 11.5 Å². The van der Waals surface area contributed by atoms with Gasteiger partial charge in [0.05, 0.1) is 16.5 Å². The molecule has 3 N–H and O–H groups in total. The van der Waals surface area contributed by atoms with E-state index < -0.39 is 29.2 Å². The van der Waals surface area contributed by atoms with Gasteiger partial charge in [0.1, 0.15) is 24.2 Å². The molecule has 2 aliphatic heterocycles. The van der Waals surface area contributed by atoms with Crippen LogP contribution in [0.25, 0.3) is 6.08 Å². The summed E-state index contributed by atoms with van der Waals surface area (Å²) in [4.78, 5) is 48.7. The van der Waals surface area contributed by atoms with E-state index in [0.29, 0.717) is 17.9 Å². The van der Waals surface area contributed by atoms with Crippen LogP contribution in [0, 0.1) is 6.92 Å². The molecule has 2 aliphatic rings. The molecule has 0 aliphatic carbocycles. The van der Waals surface area contributed by atoms with Crippen molar-refractivity contribution in [2.75, 3.05) is 18.6 Å². The summed E-state index contributed by atoms with van der Waals surface area (Å²) in [6, 6.07) is -0.936. The number of thioether (sulfide) groups is 1. The van der Waals surface area contributed by atoms with E-state index in [2.05, 4.69) is 22.0 Å². The lowest BCUT2D eigenvalue weighted by molar-refractivity contribution is -0.690. The van der Waals surface area contributed by atoms with Gasteiger partial charge in [0.15, 0.2) is 23.1 Å². The van der Waals surface area contributed by atoms with Crippen molar-refractivity contribution in [3.8, 4) is 0 Å². The van der Waals surface area contributed by atoms with Gasteiger partial charge >= 0.3 is 0 Å². The summed E-state index contributed by atoms with van der Waals surface area (Å²) in [5.41, 5.74) is 8.94. The topological polar surface area (TPSA) is 154 Å². The van der Waals surface area contributed by atoms with Crippen molar-refractivity contribution >= 4 is 69.1 Å². The second-order valence-corrected chi connectivity index (χ2v) is 10.2. The lowest BCUT2D eigenvalue weighted by Crippen LogP contribution is -2.71. The Bertz CT molecular complexity index is 1250. The van der Waals surface area contributed by atoms with Crippen molar-refractivity contribution in [3.05, 3.63) is 45.0 Å². The normalized spacial score (nSPS) is 20.0. The molecular formula is C20H20N6O5S3. The maximum absolute atomic E-state index is 12.9. The van der Waals surface area contributed by atoms with E-state index in [-0.39, 0.29) is 22.2 Å². The summed E-state index contributed by atoms with van der Waals surface area (Å²) in [5, 5.41) is 19.5. The van der Waals surface area contributed by atoms with Gasteiger partial charge in [0.2, 0.25) is 5.51 Å². The number of aliphatic carboxylic acids is 1. The number of β-lactam (4-membered cyclic amide) rings is 1. The number of oxime groups is 1. The van der Waals surface area contributed by atoms with Gasteiger partial charge in [0, 0.05) is 23.6 Å². The van der Waals surface area contributed by atoms with Gasteiger partial charge in [-0.05, 0) is 6.08 Å². The largest absolute Gasteiger partial charge is 0.543 e. The number of nitrogens with two attached hydrogens (primary N) is 1. The van der Waals surface area contributed by atoms with Crippen molar-refractivity contribution in [3.63, 3.8) is 0 Å². The SMILES string of the molecule is C=Cc1sc[n+](CC2=C(C(=O)[O-])N3C(=O)[C@@H](NC(=O)/C(=N\OC)c4csc(N)n4)[C@H]3SC2)c1C. The van der Waals surface area contributed by atoms with Crippen LogP contribution in [0.15, 0.2) is 33.9 Å². The first-order valence-electron chi connectivity index (χ1n) is 9.88. The minimum absolute atomic E-state index is 0.138. The molecule has 1 saturated heterocycles. The highest BCUT2D eigenvalue weighted by atomic mass is 32.2. The number of nitrogens with zero attached hydrogens (tertiary/aromatic N) is 4. The number of rotatable bonds is 8. The second-order valence-electron chi connectivity index (χ2n) is 7.30. The molecule has 0 saturated carbocycles. The Hall–Kier alpha value is -3.23. The first-order chi connectivity index (χ1) is 16.3. The Labute approximate surface area is 206 Å². The third kappa shape index (κ3) is 4.19. The molecule has 4 heterocycles. The fraction of sp³-hybridized carbons (Fsp3) is 0.300. The van der Waals surface area contributed by atoms with E-state index in [9.17, 15) is 19.5 Å². The smallest absolute Gasteiger partial charge is 0.276 e. The van der Waals surface area contributed by atoms with Crippen LogP contribution >= 0.6 is 34.4 Å². The number of thiazole rings is 2. The van der Waals surface area contributed by atoms with Crippen molar-refractivity contribution in [2.45, 2.75) is 24.9 Å². The Kier molecular flexibility index (Phi) is 6.72. The summed E-state index contributed by atoms with van der Waals surface area (Å²) >= 11 is 3.99. The first kappa shape index (κ1) is 23.9. The molecule has 1 fully saturated rings. The van der Waals surface area contributed by atoms with Crippen LogP contribution in [-0.2, 0) is 25.8 Å². The fourth-order valence-electron chi connectivity index (χ4n) is 3.68. The van der Waals surface area contributed by atoms with E-state index in [0.717, 1.165) is 21.9 Å². The van der Waals surface area contributed by atoms with Crippen molar-refractivity contribution in [1.82, 2.24) is 15.2 Å². The van der Waals surface area contributed by atoms with Gasteiger partial charge in [-0.15, -0.1) is 23.1 Å². The molecule has 14 heteroatoms. The van der Waals surface area contributed by atoms with Crippen LogP contribution in [0.1, 0.15) is 16.3 Å². The number of carbonyl (C=O) groups is 3. The quantitative estimate of drug-likeness (QED) is 0.204. The molecule has 0 radical (unpaired) electrons. The molecule has 0 aromatic carbocycles. The predicted octanol–water partition coefficient (Wildman–Crippen LogP) is -0.520. The van der Waals surface area contributed by atoms with E-state index in [1.165, 1.54) is 35.1 Å². The van der Waals surface area contributed by atoms with Gasteiger partial charge < -0.3 is 25.8 Å². The molecule has 0 bridgehead atoms. The number of amides is 2. The number of hydrogen-bond acceptors (Lipinski definition) is 11. The Morgan fingerprint density at radius 1 is 1.50 bits per heavy atom. The minimum Gasteiger partial charge on any atom is -0.543 e. The average molecular weight is 521 g/mol. The molecule has 0 spiro atoms. The van der Waals surface area contributed by atoms with Crippen molar-refractivity contribution in [2.24, 2.45) is 5.16 Å². The van der Waals surface area contributed by atoms with Gasteiger partial charge in [-0.25, -0.2) is 4.98 Å². The molecular weight excluding hydrogens is 500 g/mol. The Morgan fingerprint density at radius 3 is 2.85 bits per heavy atom. The van der Waals surface area contributed by atoms with Crippen LogP contribution in [0.4, 0.5) is 5.13 Å². The van der Waals surface area contributed by atoms with E-state index >= 15 is 0 Å². The highest BCUT2D eigenvalue weighted by molar-refractivity contribution is 8.00. The molecule has 2 amide bonds. The zero-order valence-electron chi connectivity index (χ0n) is 18.1. The van der Waals surface area contributed by atoms with Gasteiger partial charge in [0.25, 0.3) is 11.8 Å². The third-order valence-corrected chi connectivity index (χ3v) is 8.42. The minimum atomic E-state index is -1.43. The zero-order chi connectivity index (χ0) is 24.6. The average Bonchev–Trinajstić information content (AvgIpc) is 3.40. The maximum Gasteiger partial charge on any atom is 0.276 e. The summed E-state index contributed by atoms with van der Waals surface area (Å²) in [6.45, 7) is 6.00. The van der Waals surface area contributed by atoms with Crippen molar-refractivity contribution < 1.29 is 28.9 Å². The molecule has 178 valence electrons. The summed E-state index contributed by atoms with van der Waals surface area (Å²) in [5.74, 6) is -2.31. The van der Waals surface area contributed by atoms with Crippen molar-refractivity contribution in [1.29, 1.82) is 0 Å². The summed E-state index contributed by atoms with van der Waals surface area (Å²) < 4.78 is 1.91. The molecule has 11 nitrogen and oxygen atoms in total. The molecule has 4 rings (SSSR count). The number of hydrogen-bond donors (Lipinski definition) is 2. The second kappa shape index (κ2) is 9.56. The predicted molar refractivity (Wildman–Crippen MR) is 126 cm³/mol. The number of carbonyl (C=O) groups excluding carboxylic acids is 3. The number of aromatic nitrogens is 2. The van der Waals surface area contributed by atoms with Crippen LogP contribution in [-0.4, -0.2) is 57.7 Å². The monoisotopic (exact) mass is 520 g/mol. The van der Waals surface area contributed by atoms with E-state index in [1.807, 2.05) is 17.0 Å². The molecule has 2 atom stereocenters. The Morgan fingerprint density at radius 2 is 2.26 bits per heavy atom. The summed E-state index contributed by atoms with van der Waals surface area (Å²) in [7, 11) is 1.28. The Balaban J connectivity index is 1.54. The molecule has 2 aromatic rings. The standard InChI is InChI=1S/C20H20N6O5S3/c1-4-12-9(2)25(8-34-12)5-10-6-32-18-14(17(28)26(18)15(10)19(29)30)23-16(27)13(24-31-3)11-7-33-20(21)22-11/h4,7-8,14,18H,1,5-6H2,2-3H3,(H3-,21,22,23,27,29,30)/b24-13-/t14-,18-/m1/s1. The van der Waals surface area contributed by atoms with Gasteiger partial charge in [-0.3, -0.25) is 14.5 Å². The van der Waals surface area contributed by atoms with Crippen LogP contribution in [0.2, 0.25) is 0 Å². The molecule has 2 aromatic heterocycles. The van der Waals surface area contributed by atoms with E-state index in [4.69, 9.17) is 10.6 Å². The summed E-state index contributed by atoms with van der Waals surface area (Å²) in [6.07, 6.45) is 1.74. The zero-order valence-corrected chi connectivity index (χ0v) is 20.6. The number of nitrogen functional groups attached to an aromatic ring is 1. The number of carboxylic acid groups (broad SMARTS) is 1. The van der Waals surface area contributed by atoms with Crippen LogP contribution in [0.3, 0.4) is 0 Å². The lowest BCUT2D eigenvalue weighted by Gasteiger charge is -2.50. The number of fused-ring (bicyclic) bond motifs is 1. The fourth-order valence-corrected chi connectivity index (χ4v) is 6.42. The third-order valence-electron chi connectivity index (χ3n) is 5.33. The number of anilines is 1. The lowest BCUT2D eigenvalue weighted by atomic mass is 10.0. The van der Waals surface area contributed by atoms with Gasteiger partial charge in [-0.1, -0.05) is 23.1 Å². The highest BCUT2D eigenvalue weighted by Crippen LogP contribution is 2.40. The maximum atomic E-state index is 12.9. The first-order valence-corrected chi connectivity index (χ1v) is 12.7. The van der Waals surface area contributed by atoms with Crippen LogP contribution in [0.5, 0.6) is 0 Å². The van der Waals surface area contributed by atoms with Crippen LogP contribution < -0.4 is 20.7 Å².